The lowest BCUT2D eigenvalue weighted by Crippen LogP contribution is -2.30. The highest BCUT2D eigenvalue weighted by Crippen LogP contribution is 2.12. The van der Waals surface area contributed by atoms with Crippen LogP contribution in [0.2, 0.25) is 0 Å². The fraction of sp³-hybridized carbons (Fsp3) is 0.889. The van der Waals surface area contributed by atoms with Crippen molar-refractivity contribution in [2.24, 2.45) is 0 Å². The number of hydrogen-bond donors (Lipinski definition) is 0. The molecule has 0 saturated heterocycles. The molecule has 0 heterocycles. The fourth-order valence-corrected chi connectivity index (χ4v) is 3.64. The highest BCUT2D eigenvalue weighted by atomic mass is 16.6. The quantitative estimate of drug-likeness (QED) is 0.0903. The lowest BCUT2D eigenvalue weighted by molar-refractivity contribution is -0.166. The Hall–Kier alpha value is -1.59. The molecule has 0 rings (SSSR count). The van der Waals surface area contributed by atoms with Gasteiger partial charge in [0, 0.05) is 19.8 Å². The Balaban J connectivity index is 3.92. The van der Waals surface area contributed by atoms with Gasteiger partial charge in [-0.2, -0.15) is 0 Å². The number of unbranched alkanes of at least 4 members (excludes halogenated alkanes) is 14. The third kappa shape index (κ3) is 23.4. The van der Waals surface area contributed by atoms with E-state index in [4.69, 9.17) is 14.2 Å². The van der Waals surface area contributed by atoms with E-state index in [9.17, 15) is 14.4 Å². The molecule has 0 bridgehead atoms. The molecule has 0 unspecified atom stereocenters. The highest BCUT2D eigenvalue weighted by molar-refractivity contribution is 5.70. The molecule has 1 atom stereocenters. The summed E-state index contributed by atoms with van der Waals surface area (Å²) in [6.45, 7) is 5.51. The first kappa shape index (κ1) is 31.4. The Morgan fingerprint density at radius 3 is 1.39 bits per heavy atom. The monoisotopic (exact) mass is 470 g/mol. The van der Waals surface area contributed by atoms with Crippen LogP contribution < -0.4 is 0 Å². The topological polar surface area (TPSA) is 78.9 Å². The van der Waals surface area contributed by atoms with Gasteiger partial charge in [-0.15, -0.1) is 0 Å². The Morgan fingerprint density at radius 2 is 0.939 bits per heavy atom. The molecule has 0 aliphatic rings. The maximum atomic E-state index is 12.1. The largest absolute Gasteiger partial charge is 0.462 e. The van der Waals surface area contributed by atoms with Gasteiger partial charge in [-0.05, 0) is 12.8 Å². The van der Waals surface area contributed by atoms with Crippen molar-refractivity contribution in [3.63, 3.8) is 0 Å². The van der Waals surface area contributed by atoms with Crippen LogP contribution in [0.3, 0.4) is 0 Å². The second-order valence-corrected chi connectivity index (χ2v) is 9.05. The minimum absolute atomic E-state index is 0.0777. The van der Waals surface area contributed by atoms with Gasteiger partial charge in [-0.1, -0.05) is 104 Å². The number of carbonyl (C=O) groups is 3. The molecule has 0 N–H and O–H groups in total. The first-order chi connectivity index (χ1) is 16.0. The maximum absolute atomic E-state index is 12.1. The van der Waals surface area contributed by atoms with Gasteiger partial charge >= 0.3 is 17.9 Å². The van der Waals surface area contributed by atoms with Gasteiger partial charge in [0.05, 0.1) is 0 Å². The molecular formula is C27H50O6. The minimum Gasteiger partial charge on any atom is -0.462 e. The van der Waals surface area contributed by atoms with Crippen molar-refractivity contribution in [3.8, 4) is 0 Å². The van der Waals surface area contributed by atoms with Crippen molar-refractivity contribution in [1.82, 2.24) is 0 Å². The van der Waals surface area contributed by atoms with Crippen LogP contribution in [-0.2, 0) is 28.6 Å². The minimum atomic E-state index is -0.752. The van der Waals surface area contributed by atoms with E-state index in [0.29, 0.717) is 12.8 Å². The van der Waals surface area contributed by atoms with E-state index in [1.807, 2.05) is 0 Å². The molecule has 0 amide bonds. The summed E-state index contributed by atoms with van der Waals surface area (Å²) in [7, 11) is 0. The standard InChI is InChI=1S/C27H50O6/c1-4-6-8-10-11-12-13-14-15-17-18-20-26(29)32-23-25(22-31-24(3)28)33-27(30)21-19-16-9-7-5-2/h25H,4-23H2,1-3H3/t25-/m0/s1. The van der Waals surface area contributed by atoms with Gasteiger partial charge in [-0.3, -0.25) is 14.4 Å². The smallest absolute Gasteiger partial charge is 0.306 e. The molecule has 0 radical (unpaired) electrons. The molecule has 0 aliphatic heterocycles. The predicted octanol–water partition coefficient (Wildman–Crippen LogP) is 7.07. The van der Waals surface area contributed by atoms with Crippen LogP contribution >= 0.6 is 0 Å². The second-order valence-electron chi connectivity index (χ2n) is 9.05. The second kappa shape index (κ2) is 23.6. The van der Waals surface area contributed by atoms with Crippen LogP contribution in [0.4, 0.5) is 0 Å². The summed E-state index contributed by atoms with van der Waals surface area (Å²) in [5, 5.41) is 0. The molecule has 0 aromatic heterocycles. The van der Waals surface area contributed by atoms with Crippen molar-refractivity contribution in [3.05, 3.63) is 0 Å². The van der Waals surface area contributed by atoms with Crippen LogP contribution in [0.5, 0.6) is 0 Å². The van der Waals surface area contributed by atoms with Crippen molar-refractivity contribution in [2.45, 2.75) is 142 Å². The average molecular weight is 471 g/mol. The number of hydrogen-bond acceptors (Lipinski definition) is 6. The van der Waals surface area contributed by atoms with Gasteiger partial charge in [0.2, 0.25) is 0 Å². The van der Waals surface area contributed by atoms with E-state index in [1.54, 1.807) is 0 Å². The van der Waals surface area contributed by atoms with Gasteiger partial charge in [0.25, 0.3) is 0 Å². The summed E-state index contributed by atoms with van der Waals surface area (Å²) in [5.41, 5.74) is 0. The number of esters is 3. The molecule has 6 heteroatoms. The molecule has 0 aromatic rings. The van der Waals surface area contributed by atoms with E-state index >= 15 is 0 Å². The van der Waals surface area contributed by atoms with E-state index in [1.165, 1.54) is 64.7 Å². The highest BCUT2D eigenvalue weighted by Gasteiger charge is 2.18. The molecule has 0 aliphatic carbocycles. The van der Waals surface area contributed by atoms with E-state index in [-0.39, 0.29) is 25.2 Å². The van der Waals surface area contributed by atoms with Crippen LogP contribution in [0.25, 0.3) is 0 Å². The van der Waals surface area contributed by atoms with Crippen molar-refractivity contribution in [2.75, 3.05) is 13.2 Å². The SMILES string of the molecule is CCCCCCCCCCCCCC(=O)OC[C@H](COC(C)=O)OC(=O)CCCCCCC. The lowest BCUT2D eigenvalue weighted by atomic mass is 10.1. The average Bonchev–Trinajstić information content (AvgIpc) is 2.79. The summed E-state index contributed by atoms with van der Waals surface area (Å²) in [6.07, 6.45) is 18.6. The van der Waals surface area contributed by atoms with Crippen LogP contribution in [0.1, 0.15) is 136 Å². The molecule has 0 fully saturated rings. The van der Waals surface area contributed by atoms with Crippen molar-refractivity contribution in [1.29, 1.82) is 0 Å². The molecule has 33 heavy (non-hydrogen) atoms. The Kier molecular flexibility index (Phi) is 22.4. The summed E-state index contributed by atoms with van der Waals surface area (Å²) in [5.74, 6) is -1.10. The van der Waals surface area contributed by atoms with Crippen LogP contribution in [0.15, 0.2) is 0 Å². The normalized spacial score (nSPS) is 11.7. The Bertz CT molecular complexity index is 491. The molecular weight excluding hydrogens is 420 g/mol. The molecule has 194 valence electrons. The maximum Gasteiger partial charge on any atom is 0.306 e. The van der Waals surface area contributed by atoms with Gasteiger partial charge in [-0.25, -0.2) is 0 Å². The first-order valence-corrected chi connectivity index (χ1v) is 13.5. The van der Waals surface area contributed by atoms with Gasteiger partial charge < -0.3 is 14.2 Å². The molecule has 6 nitrogen and oxygen atoms in total. The zero-order valence-corrected chi connectivity index (χ0v) is 21.7. The summed E-state index contributed by atoms with van der Waals surface area (Å²) in [6, 6.07) is 0. The van der Waals surface area contributed by atoms with Crippen molar-refractivity contribution < 1.29 is 28.6 Å². The zero-order chi connectivity index (χ0) is 24.6. The van der Waals surface area contributed by atoms with E-state index < -0.39 is 12.1 Å². The zero-order valence-electron chi connectivity index (χ0n) is 21.7. The van der Waals surface area contributed by atoms with E-state index in [2.05, 4.69) is 13.8 Å². The van der Waals surface area contributed by atoms with Gasteiger partial charge in [0.15, 0.2) is 6.10 Å². The third-order valence-electron chi connectivity index (χ3n) is 5.67. The van der Waals surface area contributed by atoms with Crippen LogP contribution in [-0.4, -0.2) is 37.2 Å². The summed E-state index contributed by atoms with van der Waals surface area (Å²) >= 11 is 0. The number of ether oxygens (including phenoxy) is 3. The first-order valence-electron chi connectivity index (χ1n) is 13.5. The molecule has 0 aromatic carbocycles. The number of carbonyl (C=O) groups excluding carboxylic acids is 3. The molecule has 0 spiro atoms. The summed E-state index contributed by atoms with van der Waals surface area (Å²) < 4.78 is 15.6. The summed E-state index contributed by atoms with van der Waals surface area (Å²) in [4.78, 5) is 35.2. The van der Waals surface area contributed by atoms with Gasteiger partial charge in [0.1, 0.15) is 13.2 Å². The van der Waals surface area contributed by atoms with E-state index in [0.717, 1.165) is 44.9 Å². The number of rotatable bonds is 23. The Morgan fingerprint density at radius 1 is 0.545 bits per heavy atom. The molecule has 0 saturated carbocycles. The third-order valence-corrected chi connectivity index (χ3v) is 5.67. The predicted molar refractivity (Wildman–Crippen MR) is 132 cm³/mol. The fourth-order valence-electron chi connectivity index (χ4n) is 3.64. The van der Waals surface area contributed by atoms with Crippen molar-refractivity contribution >= 4 is 17.9 Å². The van der Waals surface area contributed by atoms with Crippen LogP contribution in [0, 0.1) is 0 Å². The lowest BCUT2D eigenvalue weighted by Gasteiger charge is -2.17. The Labute approximate surface area is 202 Å².